The molecule has 1 fully saturated rings. The van der Waals surface area contributed by atoms with Crippen LogP contribution in [-0.4, -0.2) is 62.7 Å². The predicted molar refractivity (Wildman–Crippen MR) is 150 cm³/mol. The summed E-state index contributed by atoms with van der Waals surface area (Å²) in [7, 11) is 2.09. The van der Waals surface area contributed by atoms with Gasteiger partial charge in [0.15, 0.2) is 5.82 Å². The van der Waals surface area contributed by atoms with Crippen molar-refractivity contribution in [3.8, 4) is 28.8 Å². The van der Waals surface area contributed by atoms with Gasteiger partial charge in [-0.1, -0.05) is 23.7 Å². The zero-order valence-corrected chi connectivity index (χ0v) is 21.9. The number of fused-ring (bicyclic) bond motifs is 1. The monoisotopic (exact) mass is 537 g/mol. The minimum Gasteiger partial charge on any atom is -0.457 e. The number of aromatic nitrogens is 5. The lowest BCUT2D eigenvalue weighted by Gasteiger charge is -2.33. The summed E-state index contributed by atoms with van der Waals surface area (Å²) >= 11 is 6.34. The van der Waals surface area contributed by atoms with Gasteiger partial charge in [0.25, 0.3) is 5.78 Å². The van der Waals surface area contributed by atoms with Gasteiger partial charge in [-0.05, 0) is 55.6 Å². The summed E-state index contributed by atoms with van der Waals surface area (Å²) in [4.78, 5) is 17.9. The SMILES string of the molecule is CN1CCN(c2nc3nc(Nc4ccc(Oc5ccncc5)cc4)nn3c(-c3cccc(Cl)c3)c2C#N)CC1. The van der Waals surface area contributed by atoms with Gasteiger partial charge in [0, 0.05) is 54.8 Å². The van der Waals surface area contributed by atoms with Crippen LogP contribution in [0, 0.1) is 11.3 Å². The van der Waals surface area contributed by atoms with Crippen molar-refractivity contribution in [3.63, 3.8) is 0 Å². The highest BCUT2D eigenvalue weighted by Crippen LogP contribution is 2.33. The number of rotatable bonds is 6. The Morgan fingerprint density at radius 1 is 0.949 bits per heavy atom. The molecule has 10 nitrogen and oxygen atoms in total. The fourth-order valence-corrected chi connectivity index (χ4v) is 4.66. The molecule has 39 heavy (non-hydrogen) atoms. The standard InChI is InChI=1S/C28H24ClN9O/c1-36-13-15-37(16-14-36)26-24(18-30)25(19-3-2-4-20(29)17-19)38-28(33-26)34-27(35-38)32-21-5-7-22(8-6-21)39-23-9-11-31-12-10-23/h2-12,17H,13-16H2,1H3,(H,32,35). The van der Waals surface area contributed by atoms with Crippen molar-refractivity contribution in [3.05, 3.63) is 83.6 Å². The first-order valence-corrected chi connectivity index (χ1v) is 12.8. The van der Waals surface area contributed by atoms with E-state index in [1.807, 2.05) is 42.5 Å². The predicted octanol–water partition coefficient (Wildman–Crippen LogP) is 5.00. The molecule has 1 saturated heterocycles. The normalized spacial score (nSPS) is 13.8. The van der Waals surface area contributed by atoms with E-state index < -0.39 is 0 Å². The molecule has 0 amide bonds. The van der Waals surface area contributed by atoms with E-state index >= 15 is 0 Å². The van der Waals surface area contributed by atoms with E-state index in [9.17, 15) is 5.26 Å². The lowest BCUT2D eigenvalue weighted by atomic mass is 10.1. The Morgan fingerprint density at radius 3 is 2.41 bits per heavy atom. The van der Waals surface area contributed by atoms with Gasteiger partial charge in [-0.15, -0.1) is 5.10 Å². The summed E-state index contributed by atoms with van der Waals surface area (Å²) in [6, 6.07) is 20.8. The van der Waals surface area contributed by atoms with Crippen LogP contribution in [-0.2, 0) is 0 Å². The third-order valence-corrected chi connectivity index (χ3v) is 6.71. The molecule has 0 atom stereocenters. The first-order chi connectivity index (χ1) is 19.1. The van der Waals surface area contributed by atoms with Gasteiger partial charge in [0.05, 0.1) is 5.69 Å². The molecule has 4 heterocycles. The third-order valence-electron chi connectivity index (χ3n) is 6.48. The molecule has 11 heteroatoms. The molecule has 0 unspecified atom stereocenters. The molecule has 1 aliphatic rings. The zero-order valence-electron chi connectivity index (χ0n) is 21.1. The van der Waals surface area contributed by atoms with Gasteiger partial charge in [-0.2, -0.15) is 19.7 Å². The fraction of sp³-hybridized carbons (Fsp3) is 0.179. The Labute approximate surface area is 230 Å². The van der Waals surface area contributed by atoms with E-state index in [-0.39, 0.29) is 0 Å². The quantitative estimate of drug-likeness (QED) is 0.320. The molecule has 3 aromatic heterocycles. The molecule has 2 aromatic carbocycles. The van der Waals surface area contributed by atoms with Gasteiger partial charge in [-0.25, -0.2) is 0 Å². The second-order valence-corrected chi connectivity index (χ2v) is 9.59. The van der Waals surface area contributed by atoms with Crippen molar-refractivity contribution in [2.45, 2.75) is 0 Å². The topological polar surface area (TPSA) is 108 Å². The van der Waals surface area contributed by atoms with Crippen LogP contribution in [0.25, 0.3) is 17.0 Å². The lowest BCUT2D eigenvalue weighted by Crippen LogP contribution is -2.45. The van der Waals surface area contributed by atoms with E-state index in [2.05, 4.69) is 43.3 Å². The molecule has 5 aromatic rings. The maximum Gasteiger partial charge on any atom is 0.256 e. The Balaban J connectivity index is 1.37. The van der Waals surface area contributed by atoms with Crippen molar-refractivity contribution in [2.24, 2.45) is 0 Å². The number of nitrogens with one attached hydrogen (secondary N) is 1. The number of hydrogen-bond acceptors (Lipinski definition) is 9. The number of likely N-dealkylation sites (N-methyl/N-ethyl adjacent to an activating group) is 1. The van der Waals surface area contributed by atoms with Gasteiger partial charge in [0.1, 0.15) is 23.1 Å². The average Bonchev–Trinajstić information content (AvgIpc) is 3.36. The lowest BCUT2D eigenvalue weighted by molar-refractivity contribution is 0.312. The first kappa shape index (κ1) is 24.6. The summed E-state index contributed by atoms with van der Waals surface area (Å²) in [6.07, 6.45) is 3.36. The number of nitrogens with zero attached hydrogens (tertiary/aromatic N) is 8. The largest absolute Gasteiger partial charge is 0.457 e. The van der Waals surface area contributed by atoms with Crippen LogP contribution in [0.4, 0.5) is 17.5 Å². The molecule has 0 bridgehead atoms. The minimum atomic E-state index is 0.355. The van der Waals surface area contributed by atoms with Gasteiger partial charge in [0.2, 0.25) is 5.95 Å². The Hall–Kier alpha value is -4.72. The molecule has 0 aliphatic carbocycles. The maximum atomic E-state index is 10.3. The smallest absolute Gasteiger partial charge is 0.256 e. The number of ether oxygens (including phenoxy) is 1. The molecule has 1 aliphatic heterocycles. The van der Waals surface area contributed by atoms with E-state index in [1.165, 1.54) is 0 Å². The van der Waals surface area contributed by atoms with Crippen LogP contribution < -0.4 is 15.0 Å². The molecule has 0 spiro atoms. The first-order valence-electron chi connectivity index (χ1n) is 12.4. The van der Waals surface area contributed by atoms with Gasteiger partial charge >= 0.3 is 0 Å². The third kappa shape index (κ3) is 5.18. The highest BCUT2D eigenvalue weighted by atomic mass is 35.5. The Morgan fingerprint density at radius 2 is 1.69 bits per heavy atom. The van der Waals surface area contributed by atoms with Crippen LogP contribution in [0.3, 0.4) is 0 Å². The van der Waals surface area contributed by atoms with Gasteiger partial charge in [-0.3, -0.25) is 4.98 Å². The van der Waals surface area contributed by atoms with Crippen molar-refractivity contribution < 1.29 is 4.74 Å². The average molecular weight is 538 g/mol. The number of hydrogen-bond donors (Lipinski definition) is 1. The Bertz CT molecular complexity index is 1660. The molecule has 0 saturated carbocycles. The summed E-state index contributed by atoms with van der Waals surface area (Å²) in [5.41, 5.74) is 2.57. The second kappa shape index (κ2) is 10.6. The van der Waals surface area contributed by atoms with Crippen molar-refractivity contribution >= 4 is 34.8 Å². The summed E-state index contributed by atoms with van der Waals surface area (Å²) < 4.78 is 7.45. The summed E-state index contributed by atoms with van der Waals surface area (Å²) in [5, 5.41) is 18.8. The highest BCUT2D eigenvalue weighted by molar-refractivity contribution is 6.30. The molecular formula is C28H24ClN9O. The minimum absolute atomic E-state index is 0.355. The van der Waals surface area contributed by atoms with Crippen LogP contribution >= 0.6 is 11.6 Å². The fourth-order valence-electron chi connectivity index (χ4n) is 4.47. The number of halogens is 1. The summed E-state index contributed by atoms with van der Waals surface area (Å²) in [5.74, 6) is 2.74. The summed E-state index contributed by atoms with van der Waals surface area (Å²) in [6.45, 7) is 3.28. The second-order valence-electron chi connectivity index (χ2n) is 9.15. The molecule has 0 radical (unpaired) electrons. The Kier molecular flexibility index (Phi) is 6.67. The van der Waals surface area contributed by atoms with E-state index in [0.717, 1.165) is 37.4 Å². The van der Waals surface area contributed by atoms with E-state index in [4.69, 9.17) is 21.3 Å². The molecular weight excluding hydrogens is 514 g/mol. The molecule has 1 N–H and O–H groups in total. The molecule has 6 rings (SSSR count). The van der Waals surface area contributed by atoms with Crippen LogP contribution in [0.15, 0.2) is 73.1 Å². The van der Waals surface area contributed by atoms with Crippen LogP contribution in [0.1, 0.15) is 5.56 Å². The van der Waals surface area contributed by atoms with Crippen LogP contribution in [0.2, 0.25) is 5.02 Å². The van der Waals surface area contributed by atoms with E-state index in [1.54, 1.807) is 35.1 Å². The zero-order chi connectivity index (χ0) is 26.8. The van der Waals surface area contributed by atoms with Crippen molar-refractivity contribution in [1.29, 1.82) is 5.26 Å². The van der Waals surface area contributed by atoms with Crippen molar-refractivity contribution in [1.82, 2.24) is 29.5 Å². The number of pyridine rings is 1. The number of nitriles is 1. The maximum absolute atomic E-state index is 10.3. The van der Waals surface area contributed by atoms with Gasteiger partial charge < -0.3 is 19.9 Å². The number of anilines is 3. The molecule has 194 valence electrons. The van der Waals surface area contributed by atoms with E-state index in [0.29, 0.717) is 45.3 Å². The van der Waals surface area contributed by atoms with Crippen LogP contribution in [0.5, 0.6) is 11.5 Å². The van der Waals surface area contributed by atoms with Crippen molar-refractivity contribution in [2.75, 3.05) is 43.4 Å². The number of benzene rings is 2. The highest BCUT2D eigenvalue weighted by Gasteiger charge is 2.25. The number of piperazine rings is 1.